The van der Waals surface area contributed by atoms with Crippen molar-refractivity contribution in [1.29, 1.82) is 5.26 Å². The van der Waals surface area contributed by atoms with E-state index in [2.05, 4.69) is 26.8 Å². The molecule has 4 bridgehead atoms. The Labute approximate surface area is 151 Å². The highest BCUT2D eigenvalue weighted by molar-refractivity contribution is 5.85. The Morgan fingerprint density at radius 2 is 2.12 bits per heavy atom. The van der Waals surface area contributed by atoms with Gasteiger partial charge in [0, 0.05) is 31.4 Å². The average Bonchev–Trinajstić information content (AvgIpc) is 3.03. The van der Waals surface area contributed by atoms with Crippen LogP contribution in [-0.4, -0.2) is 40.8 Å². The summed E-state index contributed by atoms with van der Waals surface area (Å²) < 4.78 is 7.53. The summed E-state index contributed by atoms with van der Waals surface area (Å²) in [6, 6.07) is 9.63. The zero-order valence-electron chi connectivity index (χ0n) is 13.4. The van der Waals surface area contributed by atoms with Gasteiger partial charge in [0.2, 0.25) is 0 Å². The molecule has 0 atom stereocenters. The van der Waals surface area contributed by atoms with E-state index in [1.807, 2.05) is 24.4 Å². The first kappa shape index (κ1) is 17.0. The van der Waals surface area contributed by atoms with Gasteiger partial charge >= 0.3 is 0 Å². The monoisotopic (exact) mass is 356 g/mol. The van der Waals surface area contributed by atoms with Crippen LogP contribution >= 0.6 is 12.4 Å². The maximum Gasteiger partial charge on any atom is 0.165 e. The van der Waals surface area contributed by atoms with Crippen LogP contribution in [0.25, 0.3) is 16.8 Å². The fraction of sp³-hybridized carbons (Fsp3) is 0.235. The van der Waals surface area contributed by atoms with Gasteiger partial charge in [0.15, 0.2) is 5.65 Å². The van der Waals surface area contributed by atoms with E-state index in [4.69, 9.17) is 4.74 Å². The number of nitrogens with one attached hydrogen (secondary N) is 2. The van der Waals surface area contributed by atoms with Gasteiger partial charge in [-0.15, -0.1) is 12.4 Å². The van der Waals surface area contributed by atoms with Crippen molar-refractivity contribution in [1.82, 2.24) is 19.9 Å². The summed E-state index contributed by atoms with van der Waals surface area (Å²) in [5, 5.41) is 20.2. The van der Waals surface area contributed by atoms with Gasteiger partial charge in [-0.25, -0.2) is 9.50 Å². The van der Waals surface area contributed by atoms with Gasteiger partial charge in [-0.3, -0.25) is 0 Å². The highest BCUT2D eigenvalue weighted by atomic mass is 35.5. The van der Waals surface area contributed by atoms with Crippen LogP contribution in [-0.2, 0) is 0 Å². The standard InChI is InChI=1S/C17H16N6O.ClH/c18-10-13-2-1-12-9-15(13)24-8-6-19-4-5-20-16-3-7-23-17(22-16)14(12)11-21-23;/h1-3,7,9,11,19H,4-6,8H2,(H,20,22);1H. The van der Waals surface area contributed by atoms with Crippen LogP contribution in [0.3, 0.4) is 0 Å². The highest BCUT2D eigenvalue weighted by Gasteiger charge is 2.12. The molecule has 1 aliphatic heterocycles. The summed E-state index contributed by atoms with van der Waals surface area (Å²) in [6.45, 7) is 2.78. The van der Waals surface area contributed by atoms with Gasteiger partial charge < -0.3 is 15.4 Å². The molecule has 8 heteroatoms. The van der Waals surface area contributed by atoms with Crippen LogP contribution < -0.4 is 15.4 Å². The third kappa shape index (κ3) is 3.36. The maximum absolute atomic E-state index is 9.28. The van der Waals surface area contributed by atoms with E-state index in [9.17, 15) is 5.26 Å². The molecule has 2 N–H and O–H groups in total. The maximum atomic E-state index is 9.28. The number of hydrogen-bond donors (Lipinski definition) is 2. The molecule has 2 aromatic heterocycles. The number of nitriles is 1. The summed E-state index contributed by atoms with van der Waals surface area (Å²) in [5.74, 6) is 1.40. The predicted octanol–water partition coefficient (Wildman–Crippen LogP) is 2.08. The second-order valence-corrected chi connectivity index (χ2v) is 5.49. The molecule has 1 aromatic carbocycles. The SMILES string of the molecule is Cl.N#Cc1ccc2cc1OCCNCCNc1ccn3ncc-2c3n1. The van der Waals surface area contributed by atoms with Crippen molar-refractivity contribution in [2.24, 2.45) is 0 Å². The number of fused-ring (bicyclic) bond motifs is 4. The Balaban J connectivity index is 0.00000182. The lowest BCUT2D eigenvalue weighted by atomic mass is 10.1. The van der Waals surface area contributed by atoms with Crippen LogP contribution in [0.5, 0.6) is 5.75 Å². The zero-order chi connectivity index (χ0) is 16.4. The molecular weight excluding hydrogens is 340 g/mol. The minimum atomic E-state index is 0. The largest absolute Gasteiger partial charge is 0.491 e. The number of anilines is 1. The summed E-state index contributed by atoms with van der Waals surface area (Å²) >= 11 is 0. The van der Waals surface area contributed by atoms with Crippen molar-refractivity contribution in [3.05, 3.63) is 42.2 Å². The molecule has 0 saturated carbocycles. The van der Waals surface area contributed by atoms with Crippen LogP contribution in [0.4, 0.5) is 5.82 Å². The van der Waals surface area contributed by atoms with Crippen LogP contribution in [0.1, 0.15) is 5.56 Å². The Bertz CT molecular complexity index is 933. The summed E-state index contributed by atoms with van der Waals surface area (Å²) in [6.07, 6.45) is 3.67. The molecule has 0 radical (unpaired) electrons. The van der Waals surface area contributed by atoms with Crippen LogP contribution in [0.15, 0.2) is 36.7 Å². The molecule has 0 saturated heterocycles. The lowest BCUT2D eigenvalue weighted by molar-refractivity contribution is 0.314. The molecule has 4 rings (SSSR count). The third-order valence-electron chi connectivity index (χ3n) is 3.93. The molecule has 3 aromatic rings. The van der Waals surface area contributed by atoms with E-state index in [0.29, 0.717) is 24.5 Å². The Kier molecular flexibility index (Phi) is 5.03. The second-order valence-electron chi connectivity index (χ2n) is 5.49. The van der Waals surface area contributed by atoms with Gasteiger partial charge in [-0.05, 0) is 23.8 Å². The van der Waals surface area contributed by atoms with E-state index in [-0.39, 0.29) is 12.4 Å². The fourth-order valence-corrected chi connectivity index (χ4v) is 2.71. The minimum Gasteiger partial charge on any atom is -0.491 e. The van der Waals surface area contributed by atoms with Gasteiger partial charge in [-0.2, -0.15) is 10.4 Å². The first-order chi connectivity index (χ1) is 11.8. The first-order valence-corrected chi connectivity index (χ1v) is 7.81. The molecule has 0 fully saturated rings. The highest BCUT2D eigenvalue weighted by Crippen LogP contribution is 2.29. The van der Waals surface area contributed by atoms with E-state index in [1.54, 1.807) is 16.8 Å². The van der Waals surface area contributed by atoms with Gasteiger partial charge in [-0.1, -0.05) is 6.07 Å². The van der Waals surface area contributed by atoms with Gasteiger partial charge in [0.1, 0.15) is 24.2 Å². The number of benzene rings is 1. The summed E-state index contributed by atoms with van der Waals surface area (Å²) in [5.41, 5.74) is 3.12. The quantitative estimate of drug-likeness (QED) is 0.641. The van der Waals surface area contributed by atoms with E-state index in [1.165, 1.54) is 0 Å². The third-order valence-corrected chi connectivity index (χ3v) is 3.93. The van der Waals surface area contributed by atoms with Gasteiger partial charge in [0.25, 0.3) is 0 Å². The number of nitrogens with zero attached hydrogens (tertiary/aromatic N) is 4. The second kappa shape index (κ2) is 7.38. The van der Waals surface area contributed by atoms with Crippen molar-refractivity contribution in [3.8, 4) is 22.9 Å². The van der Waals surface area contributed by atoms with Crippen molar-refractivity contribution in [2.45, 2.75) is 0 Å². The van der Waals surface area contributed by atoms with Crippen molar-refractivity contribution in [3.63, 3.8) is 0 Å². The zero-order valence-corrected chi connectivity index (χ0v) is 14.2. The van der Waals surface area contributed by atoms with E-state index in [0.717, 1.165) is 35.7 Å². The van der Waals surface area contributed by atoms with Crippen molar-refractivity contribution >= 4 is 23.9 Å². The molecule has 128 valence electrons. The fourth-order valence-electron chi connectivity index (χ4n) is 2.71. The smallest absolute Gasteiger partial charge is 0.165 e. The Morgan fingerprint density at radius 3 is 3.00 bits per heavy atom. The van der Waals surface area contributed by atoms with E-state index < -0.39 is 0 Å². The molecule has 0 unspecified atom stereocenters. The molecule has 1 aliphatic rings. The number of rotatable bonds is 0. The molecule has 3 heterocycles. The first-order valence-electron chi connectivity index (χ1n) is 7.81. The number of aromatic nitrogens is 3. The molecular formula is C17H17ClN6O. The Hall–Kier alpha value is -2.82. The predicted molar refractivity (Wildman–Crippen MR) is 97.2 cm³/mol. The Morgan fingerprint density at radius 1 is 1.20 bits per heavy atom. The molecule has 0 spiro atoms. The molecule has 7 nitrogen and oxygen atoms in total. The topological polar surface area (TPSA) is 87.3 Å². The number of ether oxygens (including phenoxy) is 1. The van der Waals surface area contributed by atoms with Crippen molar-refractivity contribution < 1.29 is 4.74 Å². The van der Waals surface area contributed by atoms with Crippen molar-refractivity contribution in [2.75, 3.05) is 31.6 Å². The van der Waals surface area contributed by atoms with E-state index >= 15 is 0 Å². The minimum absolute atomic E-state index is 0. The normalized spacial score (nSPS) is 13.9. The lowest BCUT2D eigenvalue weighted by Gasteiger charge is -2.12. The number of halogens is 1. The lowest BCUT2D eigenvalue weighted by Crippen LogP contribution is -2.27. The summed E-state index contributed by atoms with van der Waals surface area (Å²) in [4.78, 5) is 4.66. The van der Waals surface area contributed by atoms with Gasteiger partial charge in [0.05, 0.1) is 11.8 Å². The molecule has 0 aliphatic carbocycles. The summed E-state index contributed by atoms with van der Waals surface area (Å²) in [7, 11) is 0. The number of hydrogen-bond acceptors (Lipinski definition) is 6. The molecule has 0 amide bonds. The van der Waals surface area contributed by atoms with Crippen LogP contribution in [0, 0.1) is 11.3 Å². The molecule has 25 heavy (non-hydrogen) atoms. The van der Waals surface area contributed by atoms with Crippen LogP contribution in [0.2, 0.25) is 0 Å². The average molecular weight is 357 g/mol.